The number of β-amino-alcohol motifs (C(OH)–C–C–N with tert-alkyl or cyclic N) is 1. The SMILES string of the molecule is O=C(NCC1(O)CCNC1)c1ccc2c(c1)OCO2. The fourth-order valence-corrected chi connectivity index (χ4v) is 2.27. The van der Waals surface area contributed by atoms with Crippen LogP contribution in [0.3, 0.4) is 0 Å². The fraction of sp³-hybridized carbons (Fsp3) is 0.462. The second-order valence-electron chi connectivity index (χ2n) is 4.90. The molecule has 1 fully saturated rings. The number of hydrogen-bond acceptors (Lipinski definition) is 5. The quantitative estimate of drug-likeness (QED) is 0.708. The van der Waals surface area contributed by atoms with E-state index in [1.165, 1.54) is 0 Å². The molecule has 0 aromatic heterocycles. The molecule has 1 aromatic carbocycles. The monoisotopic (exact) mass is 264 g/mol. The van der Waals surface area contributed by atoms with Crippen molar-refractivity contribution in [1.82, 2.24) is 10.6 Å². The standard InChI is InChI=1S/C13H16N2O4/c16-12(15-7-13(17)3-4-14-6-13)9-1-2-10-11(5-9)19-8-18-10/h1-2,5,14,17H,3-4,6-8H2,(H,15,16). The molecule has 102 valence electrons. The van der Waals surface area contributed by atoms with Crippen LogP contribution in [0.25, 0.3) is 0 Å². The van der Waals surface area contributed by atoms with Crippen molar-refractivity contribution in [2.45, 2.75) is 12.0 Å². The number of nitrogens with one attached hydrogen (secondary N) is 2. The van der Waals surface area contributed by atoms with E-state index in [9.17, 15) is 9.90 Å². The molecule has 6 nitrogen and oxygen atoms in total. The van der Waals surface area contributed by atoms with E-state index in [0.29, 0.717) is 30.0 Å². The van der Waals surface area contributed by atoms with Gasteiger partial charge in [0.15, 0.2) is 11.5 Å². The van der Waals surface area contributed by atoms with E-state index in [1.807, 2.05) is 0 Å². The summed E-state index contributed by atoms with van der Waals surface area (Å²) in [5, 5.41) is 15.9. The summed E-state index contributed by atoms with van der Waals surface area (Å²) in [6.07, 6.45) is 0.647. The fourth-order valence-electron chi connectivity index (χ4n) is 2.27. The highest BCUT2D eigenvalue weighted by Gasteiger charge is 2.31. The molecule has 2 aliphatic rings. The molecule has 1 atom stereocenters. The van der Waals surface area contributed by atoms with E-state index in [0.717, 1.165) is 6.54 Å². The summed E-state index contributed by atoms with van der Waals surface area (Å²) < 4.78 is 10.4. The Balaban J connectivity index is 1.64. The summed E-state index contributed by atoms with van der Waals surface area (Å²) in [7, 11) is 0. The van der Waals surface area contributed by atoms with E-state index in [2.05, 4.69) is 10.6 Å². The molecule has 0 spiro atoms. The van der Waals surface area contributed by atoms with Gasteiger partial charge in [0.2, 0.25) is 6.79 Å². The number of benzene rings is 1. The van der Waals surface area contributed by atoms with Gasteiger partial charge in [-0.1, -0.05) is 0 Å². The number of hydrogen-bond donors (Lipinski definition) is 3. The average Bonchev–Trinajstić information content (AvgIpc) is 3.04. The molecular formula is C13H16N2O4. The van der Waals surface area contributed by atoms with Crippen molar-refractivity contribution in [2.24, 2.45) is 0 Å². The van der Waals surface area contributed by atoms with Crippen LogP contribution in [0.2, 0.25) is 0 Å². The van der Waals surface area contributed by atoms with E-state index < -0.39 is 5.60 Å². The Hall–Kier alpha value is -1.79. The summed E-state index contributed by atoms with van der Waals surface area (Å²) in [5.41, 5.74) is -0.342. The van der Waals surface area contributed by atoms with Crippen LogP contribution in [0.4, 0.5) is 0 Å². The number of carbonyl (C=O) groups is 1. The van der Waals surface area contributed by atoms with Crippen molar-refractivity contribution in [2.75, 3.05) is 26.4 Å². The Bertz CT molecular complexity index is 497. The van der Waals surface area contributed by atoms with Gasteiger partial charge in [-0.15, -0.1) is 0 Å². The molecule has 1 unspecified atom stereocenters. The van der Waals surface area contributed by atoms with Crippen LogP contribution in [-0.2, 0) is 0 Å². The lowest BCUT2D eigenvalue weighted by atomic mass is 10.0. The van der Waals surface area contributed by atoms with Gasteiger partial charge in [0.1, 0.15) is 0 Å². The van der Waals surface area contributed by atoms with Crippen LogP contribution < -0.4 is 20.1 Å². The lowest BCUT2D eigenvalue weighted by Crippen LogP contribution is -2.44. The zero-order valence-electron chi connectivity index (χ0n) is 10.4. The third-order valence-corrected chi connectivity index (χ3v) is 3.43. The molecular weight excluding hydrogens is 248 g/mol. The lowest BCUT2D eigenvalue weighted by molar-refractivity contribution is 0.0562. The van der Waals surface area contributed by atoms with Gasteiger partial charge in [-0.25, -0.2) is 0 Å². The number of fused-ring (bicyclic) bond motifs is 1. The van der Waals surface area contributed by atoms with Gasteiger partial charge < -0.3 is 25.2 Å². The maximum atomic E-state index is 12.0. The maximum Gasteiger partial charge on any atom is 0.251 e. The van der Waals surface area contributed by atoms with Gasteiger partial charge in [0.05, 0.1) is 5.60 Å². The highest BCUT2D eigenvalue weighted by Crippen LogP contribution is 2.32. The Morgan fingerprint density at radius 3 is 3.05 bits per heavy atom. The first kappa shape index (κ1) is 12.3. The largest absolute Gasteiger partial charge is 0.454 e. The van der Waals surface area contributed by atoms with Crippen LogP contribution >= 0.6 is 0 Å². The topological polar surface area (TPSA) is 79.8 Å². The Morgan fingerprint density at radius 2 is 2.26 bits per heavy atom. The van der Waals surface area contributed by atoms with E-state index in [1.54, 1.807) is 18.2 Å². The summed E-state index contributed by atoms with van der Waals surface area (Å²) in [4.78, 5) is 12.0. The van der Waals surface area contributed by atoms with Crippen molar-refractivity contribution in [3.8, 4) is 11.5 Å². The average molecular weight is 264 g/mol. The Morgan fingerprint density at radius 1 is 1.42 bits per heavy atom. The number of ether oxygens (including phenoxy) is 2. The zero-order valence-corrected chi connectivity index (χ0v) is 10.4. The minimum atomic E-state index is -0.841. The normalized spacial score (nSPS) is 24.5. The molecule has 1 aromatic rings. The number of amides is 1. The predicted molar refractivity (Wildman–Crippen MR) is 67.3 cm³/mol. The lowest BCUT2D eigenvalue weighted by Gasteiger charge is -2.21. The smallest absolute Gasteiger partial charge is 0.251 e. The van der Waals surface area contributed by atoms with Crippen molar-refractivity contribution in [3.05, 3.63) is 23.8 Å². The molecule has 1 saturated heterocycles. The van der Waals surface area contributed by atoms with Crippen molar-refractivity contribution in [1.29, 1.82) is 0 Å². The predicted octanol–water partition coefficient (Wildman–Crippen LogP) is -0.131. The summed E-state index contributed by atoms with van der Waals surface area (Å²) in [6, 6.07) is 5.04. The van der Waals surface area contributed by atoms with Gasteiger partial charge >= 0.3 is 0 Å². The maximum absolute atomic E-state index is 12.0. The van der Waals surface area contributed by atoms with E-state index in [-0.39, 0.29) is 19.2 Å². The van der Waals surface area contributed by atoms with Crippen molar-refractivity contribution >= 4 is 5.91 Å². The van der Waals surface area contributed by atoms with Crippen LogP contribution in [0, 0.1) is 0 Å². The number of carbonyl (C=O) groups excluding carboxylic acids is 1. The minimum absolute atomic E-state index is 0.186. The second kappa shape index (κ2) is 4.71. The Labute approximate surface area is 110 Å². The van der Waals surface area contributed by atoms with Crippen molar-refractivity contribution in [3.63, 3.8) is 0 Å². The van der Waals surface area contributed by atoms with Crippen LogP contribution in [-0.4, -0.2) is 43.0 Å². The van der Waals surface area contributed by atoms with Crippen LogP contribution in [0.15, 0.2) is 18.2 Å². The zero-order chi connectivity index (χ0) is 13.3. The summed E-state index contributed by atoms with van der Waals surface area (Å²) >= 11 is 0. The molecule has 19 heavy (non-hydrogen) atoms. The van der Waals surface area contributed by atoms with E-state index in [4.69, 9.17) is 9.47 Å². The molecule has 0 saturated carbocycles. The first-order valence-corrected chi connectivity index (χ1v) is 6.27. The molecule has 3 N–H and O–H groups in total. The highest BCUT2D eigenvalue weighted by molar-refractivity contribution is 5.95. The molecule has 2 heterocycles. The summed E-state index contributed by atoms with van der Waals surface area (Å²) in [6.45, 7) is 1.71. The third kappa shape index (κ3) is 2.50. The molecule has 1 amide bonds. The molecule has 0 aliphatic carbocycles. The van der Waals surface area contributed by atoms with Crippen LogP contribution in [0.5, 0.6) is 11.5 Å². The molecule has 6 heteroatoms. The van der Waals surface area contributed by atoms with E-state index >= 15 is 0 Å². The molecule has 0 radical (unpaired) electrons. The second-order valence-corrected chi connectivity index (χ2v) is 4.90. The first-order valence-electron chi connectivity index (χ1n) is 6.27. The number of aliphatic hydroxyl groups is 1. The van der Waals surface area contributed by atoms with Gasteiger partial charge in [-0.05, 0) is 31.2 Å². The van der Waals surface area contributed by atoms with Gasteiger partial charge in [-0.3, -0.25) is 4.79 Å². The van der Waals surface area contributed by atoms with Gasteiger partial charge in [0, 0.05) is 18.7 Å². The summed E-state index contributed by atoms with van der Waals surface area (Å²) in [5.74, 6) is 1.00. The molecule has 3 rings (SSSR count). The molecule has 2 aliphatic heterocycles. The third-order valence-electron chi connectivity index (χ3n) is 3.43. The van der Waals surface area contributed by atoms with Crippen molar-refractivity contribution < 1.29 is 19.4 Å². The van der Waals surface area contributed by atoms with Crippen LogP contribution in [0.1, 0.15) is 16.8 Å². The minimum Gasteiger partial charge on any atom is -0.454 e. The Kier molecular flexibility index (Phi) is 3.04. The first-order chi connectivity index (χ1) is 9.16. The number of rotatable bonds is 3. The highest BCUT2D eigenvalue weighted by atomic mass is 16.7. The van der Waals surface area contributed by atoms with Gasteiger partial charge in [0.25, 0.3) is 5.91 Å². The van der Waals surface area contributed by atoms with Gasteiger partial charge in [-0.2, -0.15) is 0 Å². The molecule has 0 bridgehead atoms.